The highest BCUT2D eigenvalue weighted by Crippen LogP contribution is 2.38. The first-order chi connectivity index (χ1) is 18.1. The van der Waals surface area contributed by atoms with Crippen molar-refractivity contribution in [2.45, 2.75) is 24.5 Å². The smallest absolute Gasteiger partial charge is 0.184 e. The van der Waals surface area contributed by atoms with Gasteiger partial charge in [-0.2, -0.15) is 0 Å². The van der Waals surface area contributed by atoms with Crippen molar-refractivity contribution >= 4 is 16.9 Å². The number of rotatable bonds is 5. The number of hydrogen-bond acceptors (Lipinski definition) is 10. The molecule has 3 aromatic heterocycles. The maximum atomic E-state index is 10.7. The summed E-state index contributed by atoms with van der Waals surface area (Å²) in [7, 11) is 0. The van der Waals surface area contributed by atoms with Crippen LogP contribution in [0.25, 0.3) is 44.9 Å². The van der Waals surface area contributed by atoms with Crippen LogP contribution in [0, 0.1) is 0 Å². The summed E-state index contributed by atoms with van der Waals surface area (Å²) in [4.78, 5) is 13.4. The van der Waals surface area contributed by atoms with Crippen LogP contribution in [0.3, 0.4) is 0 Å². The molecule has 1 aliphatic rings. The van der Waals surface area contributed by atoms with Crippen molar-refractivity contribution in [2.24, 2.45) is 0 Å². The van der Waals surface area contributed by atoms with Crippen molar-refractivity contribution in [2.75, 3.05) is 12.3 Å². The van der Waals surface area contributed by atoms with Crippen molar-refractivity contribution in [3.05, 3.63) is 73.2 Å². The van der Waals surface area contributed by atoms with Gasteiger partial charge in [0.1, 0.15) is 47.5 Å². The van der Waals surface area contributed by atoms with Gasteiger partial charge in [0.15, 0.2) is 12.1 Å². The van der Waals surface area contributed by atoms with Crippen LogP contribution < -0.4 is 5.73 Å². The molecule has 11 heteroatoms. The fourth-order valence-electron chi connectivity index (χ4n) is 4.61. The SMILES string of the molecule is Nc1ncnc2c1c(-c1nnc(-c3ccccc3)c(-c3ccccc3)n1)cn2[C@H]1O[C@@H](CO)[C@@H](O)[C@H]1O. The van der Waals surface area contributed by atoms with E-state index in [4.69, 9.17) is 15.5 Å². The fraction of sp³-hybridized carbons (Fsp3) is 0.192. The third-order valence-corrected chi connectivity index (χ3v) is 6.45. The van der Waals surface area contributed by atoms with Crippen molar-refractivity contribution < 1.29 is 20.1 Å². The van der Waals surface area contributed by atoms with E-state index in [1.54, 1.807) is 10.8 Å². The van der Waals surface area contributed by atoms with Crippen molar-refractivity contribution in [1.82, 2.24) is 29.7 Å². The number of aliphatic hydroxyl groups excluding tert-OH is 3. The lowest BCUT2D eigenvalue weighted by Crippen LogP contribution is -2.33. The van der Waals surface area contributed by atoms with Gasteiger partial charge in [0, 0.05) is 17.3 Å². The number of aliphatic hydroxyl groups is 3. The lowest BCUT2D eigenvalue weighted by molar-refractivity contribution is -0.0508. The molecule has 0 aliphatic carbocycles. The predicted octanol–water partition coefficient (Wildman–Crippen LogP) is 1.81. The molecule has 0 unspecified atom stereocenters. The molecule has 1 fully saturated rings. The van der Waals surface area contributed by atoms with E-state index < -0.39 is 31.1 Å². The van der Waals surface area contributed by atoms with Gasteiger partial charge in [-0.25, -0.2) is 15.0 Å². The van der Waals surface area contributed by atoms with Crippen molar-refractivity contribution in [1.29, 1.82) is 0 Å². The number of aromatic nitrogens is 6. The Morgan fingerprint density at radius 2 is 1.54 bits per heavy atom. The van der Waals surface area contributed by atoms with E-state index in [2.05, 4.69) is 20.2 Å². The topological polar surface area (TPSA) is 165 Å². The molecule has 0 bridgehead atoms. The van der Waals surface area contributed by atoms with Crippen LogP contribution in [0.4, 0.5) is 5.82 Å². The largest absolute Gasteiger partial charge is 0.394 e. The van der Waals surface area contributed by atoms with Crippen LogP contribution in [0.5, 0.6) is 0 Å². The molecular formula is C26H23N7O4. The minimum absolute atomic E-state index is 0.183. The zero-order valence-electron chi connectivity index (χ0n) is 19.5. The van der Waals surface area contributed by atoms with Crippen molar-refractivity contribution in [3.63, 3.8) is 0 Å². The molecule has 1 aliphatic heterocycles. The van der Waals surface area contributed by atoms with E-state index in [0.717, 1.165) is 11.1 Å². The summed E-state index contributed by atoms with van der Waals surface area (Å²) < 4.78 is 7.29. The van der Waals surface area contributed by atoms with Crippen LogP contribution in [-0.2, 0) is 4.74 Å². The molecule has 186 valence electrons. The summed E-state index contributed by atoms with van der Waals surface area (Å²) in [5.74, 6) is 0.456. The van der Waals surface area contributed by atoms with E-state index in [1.165, 1.54) is 6.33 Å². The second-order valence-electron chi connectivity index (χ2n) is 8.70. The second-order valence-corrected chi connectivity index (χ2v) is 8.70. The maximum Gasteiger partial charge on any atom is 0.184 e. The number of nitrogens with zero attached hydrogens (tertiary/aromatic N) is 6. The number of ether oxygens (including phenoxy) is 1. The Hall–Kier alpha value is -4.29. The van der Waals surface area contributed by atoms with E-state index in [1.807, 2.05) is 60.7 Å². The zero-order chi connectivity index (χ0) is 25.5. The van der Waals surface area contributed by atoms with E-state index >= 15 is 0 Å². The van der Waals surface area contributed by atoms with Gasteiger partial charge in [-0.05, 0) is 0 Å². The third kappa shape index (κ3) is 3.90. The number of nitrogen functional groups attached to an aromatic ring is 1. The highest BCUT2D eigenvalue weighted by Gasteiger charge is 2.44. The van der Waals surface area contributed by atoms with Crippen molar-refractivity contribution in [3.8, 4) is 33.9 Å². The monoisotopic (exact) mass is 497 g/mol. The summed E-state index contributed by atoms with van der Waals surface area (Å²) in [6, 6.07) is 19.3. The Labute approximate surface area is 210 Å². The molecule has 5 N–H and O–H groups in total. The van der Waals surface area contributed by atoms with Gasteiger partial charge in [0.05, 0.1) is 17.6 Å². The van der Waals surface area contributed by atoms with E-state index in [-0.39, 0.29) is 11.6 Å². The van der Waals surface area contributed by atoms with Crippen LogP contribution in [0.1, 0.15) is 6.23 Å². The van der Waals surface area contributed by atoms with Gasteiger partial charge in [-0.15, -0.1) is 10.2 Å². The molecule has 0 saturated carbocycles. The minimum atomic E-state index is -1.31. The van der Waals surface area contributed by atoms with Gasteiger partial charge in [-0.1, -0.05) is 60.7 Å². The first-order valence-electron chi connectivity index (χ1n) is 11.7. The summed E-state index contributed by atoms with van der Waals surface area (Å²) in [5, 5.41) is 39.9. The first-order valence-corrected chi connectivity index (χ1v) is 11.7. The third-order valence-electron chi connectivity index (χ3n) is 6.45. The Balaban J connectivity index is 1.55. The first kappa shape index (κ1) is 23.1. The summed E-state index contributed by atoms with van der Waals surface area (Å²) in [6.07, 6.45) is -1.62. The number of nitrogens with two attached hydrogens (primary N) is 1. The van der Waals surface area contributed by atoms with Gasteiger partial charge in [-0.3, -0.25) is 0 Å². The molecule has 4 heterocycles. The normalized spacial score (nSPS) is 21.5. The standard InChI is InChI=1S/C26H23N7O4/c27-23-18-16(11-33(25(18)29-13-28-23)26-22(36)21(35)17(12-34)37-26)24-30-19(14-7-3-1-4-8-14)20(31-32-24)15-9-5-2-6-10-15/h1-11,13,17,21-22,26,34-36H,12H2,(H2,27,28,29)/t17-,21+,22+,26-/m0/s1. The quantitative estimate of drug-likeness (QED) is 0.281. The number of anilines is 1. The highest BCUT2D eigenvalue weighted by atomic mass is 16.6. The number of benzene rings is 2. The van der Waals surface area contributed by atoms with E-state index in [9.17, 15) is 15.3 Å². The summed E-state index contributed by atoms with van der Waals surface area (Å²) in [6.45, 7) is -0.452. The Morgan fingerprint density at radius 1 is 0.865 bits per heavy atom. The molecule has 11 nitrogen and oxygen atoms in total. The lowest BCUT2D eigenvalue weighted by atomic mass is 10.0. The Kier molecular flexibility index (Phi) is 5.81. The second kappa shape index (κ2) is 9.30. The average Bonchev–Trinajstić information content (AvgIpc) is 3.47. The lowest BCUT2D eigenvalue weighted by Gasteiger charge is -2.17. The van der Waals surface area contributed by atoms with Gasteiger partial charge in [0.25, 0.3) is 0 Å². The minimum Gasteiger partial charge on any atom is -0.394 e. The molecule has 2 aromatic carbocycles. The zero-order valence-corrected chi connectivity index (χ0v) is 19.5. The molecular weight excluding hydrogens is 474 g/mol. The molecule has 0 amide bonds. The van der Waals surface area contributed by atoms with Gasteiger partial charge in [0.2, 0.25) is 0 Å². The van der Waals surface area contributed by atoms with Gasteiger partial charge < -0.3 is 30.4 Å². The summed E-state index contributed by atoms with van der Waals surface area (Å²) in [5.41, 5.74) is 10.1. The average molecular weight is 498 g/mol. The number of hydrogen-bond donors (Lipinski definition) is 4. The van der Waals surface area contributed by atoms with E-state index in [0.29, 0.717) is 28.0 Å². The molecule has 5 aromatic rings. The molecule has 0 spiro atoms. The molecule has 0 radical (unpaired) electrons. The maximum absolute atomic E-state index is 10.7. The molecule has 37 heavy (non-hydrogen) atoms. The van der Waals surface area contributed by atoms with Gasteiger partial charge >= 0.3 is 0 Å². The van der Waals surface area contributed by atoms with Crippen LogP contribution in [-0.4, -0.2) is 70.0 Å². The summed E-state index contributed by atoms with van der Waals surface area (Å²) >= 11 is 0. The predicted molar refractivity (Wildman–Crippen MR) is 135 cm³/mol. The van der Waals surface area contributed by atoms with Crippen LogP contribution >= 0.6 is 0 Å². The fourth-order valence-corrected chi connectivity index (χ4v) is 4.61. The molecule has 1 saturated heterocycles. The number of fused-ring (bicyclic) bond motifs is 1. The highest BCUT2D eigenvalue weighted by molar-refractivity contribution is 5.99. The van der Waals surface area contributed by atoms with Crippen LogP contribution in [0.2, 0.25) is 0 Å². The molecule has 4 atom stereocenters. The van der Waals surface area contributed by atoms with Crippen LogP contribution in [0.15, 0.2) is 73.2 Å². The Bertz CT molecular complexity index is 1560. The Morgan fingerprint density at radius 3 is 2.19 bits per heavy atom. The molecule has 6 rings (SSSR count).